The molecule has 6 nitrogen and oxygen atoms in total. The molecule has 0 saturated carbocycles. The molecule has 1 fully saturated rings. The van der Waals surface area contributed by atoms with E-state index in [0.29, 0.717) is 42.5 Å². The molecule has 33 heavy (non-hydrogen) atoms. The van der Waals surface area contributed by atoms with E-state index in [4.69, 9.17) is 0 Å². The predicted octanol–water partition coefficient (Wildman–Crippen LogP) is 4.98. The van der Waals surface area contributed by atoms with Crippen LogP contribution in [0.5, 0.6) is 0 Å². The average Bonchev–Trinajstić information content (AvgIpc) is 3.22. The van der Waals surface area contributed by atoms with Gasteiger partial charge < -0.3 is 0 Å². The van der Waals surface area contributed by atoms with Crippen molar-refractivity contribution < 1.29 is 13.2 Å². The zero-order valence-electron chi connectivity index (χ0n) is 19.9. The SMILES string of the molecule is CCN(C(=O)C1CCN(S(=O)(=O)c2c(C)c(C)cc(C)c2C)CC1)c1nc2ccccc2s1. The highest BCUT2D eigenvalue weighted by Gasteiger charge is 2.36. The minimum Gasteiger partial charge on any atom is -0.288 e. The number of hydrogen-bond donors (Lipinski definition) is 0. The fourth-order valence-electron chi connectivity index (χ4n) is 4.62. The van der Waals surface area contributed by atoms with Crippen molar-refractivity contribution >= 4 is 42.6 Å². The van der Waals surface area contributed by atoms with Crippen LogP contribution in [0.3, 0.4) is 0 Å². The average molecular weight is 486 g/mol. The van der Waals surface area contributed by atoms with Gasteiger partial charge >= 0.3 is 0 Å². The summed E-state index contributed by atoms with van der Waals surface area (Å²) in [7, 11) is -3.61. The Balaban J connectivity index is 1.52. The molecule has 3 aromatic rings. The summed E-state index contributed by atoms with van der Waals surface area (Å²) >= 11 is 1.52. The van der Waals surface area contributed by atoms with Crippen LogP contribution in [0.15, 0.2) is 35.2 Å². The van der Waals surface area contributed by atoms with E-state index in [2.05, 4.69) is 4.98 Å². The lowest BCUT2D eigenvalue weighted by molar-refractivity contribution is -0.123. The van der Waals surface area contributed by atoms with Crippen molar-refractivity contribution in [1.82, 2.24) is 9.29 Å². The molecule has 1 aromatic heterocycles. The number of anilines is 1. The van der Waals surface area contributed by atoms with Crippen molar-refractivity contribution in [3.63, 3.8) is 0 Å². The lowest BCUT2D eigenvalue weighted by atomic mass is 9.96. The van der Waals surface area contributed by atoms with Crippen molar-refractivity contribution in [3.8, 4) is 0 Å². The second-order valence-corrected chi connectivity index (χ2v) is 11.7. The van der Waals surface area contributed by atoms with Gasteiger partial charge in [-0.3, -0.25) is 9.69 Å². The van der Waals surface area contributed by atoms with Gasteiger partial charge in [0.2, 0.25) is 15.9 Å². The summed E-state index contributed by atoms with van der Waals surface area (Å²) in [4.78, 5) is 20.2. The number of para-hydroxylation sites is 1. The molecule has 0 unspecified atom stereocenters. The molecule has 1 amide bonds. The maximum absolute atomic E-state index is 13.5. The van der Waals surface area contributed by atoms with Crippen molar-refractivity contribution in [2.75, 3.05) is 24.5 Å². The second-order valence-electron chi connectivity index (χ2n) is 8.81. The molecule has 0 aliphatic carbocycles. The lowest BCUT2D eigenvalue weighted by Crippen LogP contribution is -2.44. The minimum absolute atomic E-state index is 0.0346. The summed E-state index contributed by atoms with van der Waals surface area (Å²) in [6.07, 6.45) is 1.03. The van der Waals surface area contributed by atoms with Crippen LogP contribution < -0.4 is 4.90 Å². The van der Waals surface area contributed by atoms with Gasteiger partial charge in [0.15, 0.2) is 5.13 Å². The van der Waals surface area contributed by atoms with Crippen LogP contribution in [0.2, 0.25) is 0 Å². The number of piperidine rings is 1. The van der Waals surface area contributed by atoms with Gasteiger partial charge in [-0.05, 0) is 81.8 Å². The largest absolute Gasteiger partial charge is 0.288 e. The highest BCUT2D eigenvalue weighted by atomic mass is 32.2. The van der Waals surface area contributed by atoms with Crippen molar-refractivity contribution in [2.24, 2.45) is 5.92 Å². The monoisotopic (exact) mass is 485 g/mol. The molecule has 0 radical (unpaired) electrons. The molecular weight excluding hydrogens is 454 g/mol. The van der Waals surface area contributed by atoms with Crippen molar-refractivity contribution in [1.29, 1.82) is 0 Å². The summed E-state index contributed by atoms with van der Waals surface area (Å²) in [5.41, 5.74) is 4.48. The van der Waals surface area contributed by atoms with Crippen LogP contribution in [-0.4, -0.2) is 43.2 Å². The van der Waals surface area contributed by atoms with E-state index in [1.807, 2.05) is 65.0 Å². The van der Waals surface area contributed by atoms with E-state index in [1.165, 1.54) is 11.3 Å². The number of hydrogen-bond acceptors (Lipinski definition) is 5. The molecule has 2 aromatic carbocycles. The van der Waals surface area contributed by atoms with Crippen molar-refractivity contribution in [2.45, 2.75) is 52.4 Å². The number of fused-ring (bicyclic) bond motifs is 1. The fourth-order valence-corrected chi connectivity index (χ4v) is 7.70. The number of benzene rings is 2. The van der Waals surface area contributed by atoms with Crippen LogP contribution in [-0.2, 0) is 14.8 Å². The number of amides is 1. The molecule has 1 aliphatic heterocycles. The molecule has 0 N–H and O–H groups in total. The first-order chi connectivity index (χ1) is 15.6. The van der Waals surface area contributed by atoms with Crippen LogP contribution in [0.1, 0.15) is 42.0 Å². The second kappa shape index (κ2) is 9.16. The smallest absolute Gasteiger partial charge is 0.243 e. The van der Waals surface area contributed by atoms with Crippen molar-refractivity contribution in [3.05, 3.63) is 52.6 Å². The number of rotatable bonds is 5. The number of carbonyl (C=O) groups is 1. The van der Waals surface area contributed by atoms with Crippen LogP contribution in [0.25, 0.3) is 10.2 Å². The number of nitrogens with zero attached hydrogens (tertiary/aromatic N) is 3. The van der Waals surface area contributed by atoms with E-state index in [1.54, 1.807) is 9.21 Å². The normalized spacial score (nSPS) is 15.8. The van der Waals surface area contributed by atoms with Gasteiger partial charge in [0, 0.05) is 25.6 Å². The number of aryl methyl sites for hydroxylation is 2. The zero-order valence-corrected chi connectivity index (χ0v) is 21.5. The van der Waals surface area contributed by atoms with Gasteiger partial charge in [-0.1, -0.05) is 29.5 Å². The quantitative estimate of drug-likeness (QED) is 0.511. The zero-order chi connectivity index (χ0) is 23.9. The van der Waals surface area contributed by atoms with Gasteiger partial charge in [0.05, 0.1) is 15.1 Å². The Labute approximate surface area is 200 Å². The highest BCUT2D eigenvalue weighted by molar-refractivity contribution is 7.89. The Kier molecular flexibility index (Phi) is 6.62. The van der Waals surface area contributed by atoms with Gasteiger partial charge in [-0.2, -0.15) is 4.31 Å². The Hall–Kier alpha value is -2.29. The summed E-state index contributed by atoms with van der Waals surface area (Å²) in [5, 5.41) is 0.709. The third-order valence-electron chi connectivity index (χ3n) is 6.79. The first-order valence-electron chi connectivity index (χ1n) is 11.4. The first kappa shape index (κ1) is 23.9. The van der Waals surface area contributed by atoms with Gasteiger partial charge in [-0.15, -0.1) is 0 Å². The molecule has 2 heterocycles. The Bertz CT molecular complexity index is 1250. The number of carbonyl (C=O) groups excluding carboxylic acids is 1. The van der Waals surface area contributed by atoms with Gasteiger partial charge in [-0.25, -0.2) is 13.4 Å². The molecule has 4 rings (SSSR count). The van der Waals surface area contributed by atoms with Gasteiger partial charge in [0.1, 0.15) is 0 Å². The maximum Gasteiger partial charge on any atom is 0.243 e. The van der Waals surface area contributed by atoms with Crippen LogP contribution in [0, 0.1) is 33.6 Å². The number of aromatic nitrogens is 1. The topological polar surface area (TPSA) is 70.6 Å². The Morgan fingerprint density at radius 1 is 1.09 bits per heavy atom. The van der Waals surface area contributed by atoms with E-state index < -0.39 is 10.0 Å². The third-order valence-corrected chi connectivity index (χ3v) is 10.0. The summed E-state index contributed by atoms with van der Waals surface area (Å²) < 4.78 is 29.7. The van der Waals surface area contributed by atoms with E-state index >= 15 is 0 Å². The molecule has 8 heteroatoms. The fraction of sp³-hybridized carbons (Fsp3) is 0.440. The van der Waals surface area contributed by atoms with E-state index in [0.717, 1.165) is 32.5 Å². The number of sulfonamides is 1. The van der Waals surface area contributed by atoms with Crippen LogP contribution in [0.4, 0.5) is 5.13 Å². The third kappa shape index (κ3) is 4.32. The summed E-state index contributed by atoms with van der Waals surface area (Å²) in [5.74, 6) is -0.169. The minimum atomic E-state index is -3.61. The molecule has 0 bridgehead atoms. The summed E-state index contributed by atoms with van der Waals surface area (Å²) in [6, 6.07) is 9.91. The molecule has 0 atom stereocenters. The highest BCUT2D eigenvalue weighted by Crippen LogP contribution is 2.33. The predicted molar refractivity (Wildman–Crippen MR) is 135 cm³/mol. The summed E-state index contributed by atoms with van der Waals surface area (Å²) in [6.45, 7) is 10.8. The first-order valence-corrected chi connectivity index (χ1v) is 13.6. The van der Waals surface area contributed by atoms with E-state index in [-0.39, 0.29) is 11.8 Å². The molecule has 0 spiro atoms. The number of thiazole rings is 1. The Morgan fingerprint density at radius 3 is 2.27 bits per heavy atom. The van der Waals surface area contributed by atoms with Gasteiger partial charge in [0.25, 0.3) is 0 Å². The Morgan fingerprint density at radius 2 is 1.70 bits per heavy atom. The van der Waals surface area contributed by atoms with Crippen LogP contribution >= 0.6 is 11.3 Å². The standard InChI is InChI=1S/C25H31N3O3S2/c1-6-28(25-26-21-9-7-8-10-22(21)32-25)24(29)20-11-13-27(14-12-20)33(30,31)23-18(4)16(2)15-17(3)19(23)5/h7-10,15,20H,6,11-14H2,1-5H3. The molecule has 1 saturated heterocycles. The molecule has 176 valence electrons. The van der Waals surface area contributed by atoms with E-state index in [9.17, 15) is 13.2 Å². The lowest BCUT2D eigenvalue weighted by Gasteiger charge is -2.33. The molecule has 1 aliphatic rings. The molecular formula is C25H31N3O3S2. The maximum atomic E-state index is 13.5.